The fourth-order valence-corrected chi connectivity index (χ4v) is 3.05. The van der Waals surface area contributed by atoms with Crippen molar-refractivity contribution in [3.8, 4) is 11.1 Å². The summed E-state index contributed by atoms with van der Waals surface area (Å²) in [4.78, 5) is 25.3. The summed E-state index contributed by atoms with van der Waals surface area (Å²) in [6, 6.07) is 15.4. The molecular formula is C21H24N2O3. The standard InChI is InChI=1S/C21H24N2O3/c1-21(2,3)26-20(25)23-12-16(13-23)14-8-10-15(11-9-14)17-6-4-5-7-18(17)19(22)24/h4-11,16H,12-13H2,1-3H3,(H2,22,24). The van der Waals surface area contributed by atoms with Crippen molar-refractivity contribution in [2.45, 2.75) is 32.3 Å². The largest absolute Gasteiger partial charge is 0.444 e. The molecule has 1 fully saturated rings. The fourth-order valence-electron chi connectivity index (χ4n) is 3.05. The van der Waals surface area contributed by atoms with Gasteiger partial charge in [0.1, 0.15) is 5.60 Å². The second-order valence-electron chi connectivity index (χ2n) is 7.61. The van der Waals surface area contributed by atoms with E-state index in [4.69, 9.17) is 10.5 Å². The molecule has 2 aromatic carbocycles. The van der Waals surface area contributed by atoms with Gasteiger partial charge in [-0.2, -0.15) is 0 Å². The van der Waals surface area contributed by atoms with E-state index in [0.717, 1.165) is 11.1 Å². The Morgan fingerprint density at radius 3 is 2.23 bits per heavy atom. The zero-order valence-corrected chi connectivity index (χ0v) is 15.4. The van der Waals surface area contributed by atoms with Crippen molar-refractivity contribution in [2.24, 2.45) is 5.73 Å². The van der Waals surface area contributed by atoms with E-state index in [1.54, 1.807) is 17.0 Å². The Kier molecular flexibility index (Phi) is 4.72. The van der Waals surface area contributed by atoms with Crippen LogP contribution < -0.4 is 5.73 Å². The summed E-state index contributed by atoms with van der Waals surface area (Å²) in [7, 11) is 0. The summed E-state index contributed by atoms with van der Waals surface area (Å²) in [5.41, 5.74) is 8.45. The van der Waals surface area contributed by atoms with E-state index in [1.807, 2.05) is 57.2 Å². The van der Waals surface area contributed by atoms with Crippen molar-refractivity contribution in [1.82, 2.24) is 4.90 Å². The second-order valence-corrected chi connectivity index (χ2v) is 7.61. The van der Waals surface area contributed by atoms with Gasteiger partial charge in [-0.05, 0) is 43.5 Å². The van der Waals surface area contributed by atoms with Crippen LogP contribution in [0.3, 0.4) is 0 Å². The van der Waals surface area contributed by atoms with Gasteiger partial charge in [0.05, 0.1) is 0 Å². The van der Waals surface area contributed by atoms with Gasteiger partial charge in [-0.25, -0.2) is 4.79 Å². The summed E-state index contributed by atoms with van der Waals surface area (Å²) >= 11 is 0. The van der Waals surface area contributed by atoms with E-state index in [0.29, 0.717) is 24.6 Å². The summed E-state index contributed by atoms with van der Waals surface area (Å²) in [6.45, 7) is 6.92. The van der Waals surface area contributed by atoms with Crippen molar-refractivity contribution in [3.05, 3.63) is 59.7 Å². The van der Waals surface area contributed by atoms with Crippen LogP contribution in [0.2, 0.25) is 0 Å². The lowest BCUT2D eigenvalue weighted by Gasteiger charge is -2.40. The van der Waals surface area contributed by atoms with Crippen LogP contribution in [0, 0.1) is 0 Å². The van der Waals surface area contributed by atoms with Crippen molar-refractivity contribution >= 4 is 12.0 Å². The van der Waals surface area contributed by atoms with E-state index in [-0.39, 0.29) is 6.09 Å². The maximum atomic E-state index is 12.0. The normalized spacial score (nSPS) is 14.7. The van der Waals surface area contributed by atoms with E-state index >= 15 is 0 Å². The maximum absolute atomic E-state index is 12.0. The number of ether oxygens (including phenoxy) is 1. The Balaban J connectivity index is 1.67. The SMILES string of the molecule is CC(C)(C)OC(=O)N1CC(c2ccc(-c3ccccc3C(N)=O)cc2)C1. The molecule has 1 aliphatic heterocycles. The van der Waals surface area contributed by atoms with E-state index < -0.39 is 11.5 Å². The number of likely N-dealkylation sites (tertiary alicyclic amines) is 1. The molecule has 0 saturated carbocycles. The van der Waals surface area contributed by atoms with Crippen LogP contribution >= 0.6 is 0 Å². The number of nitrogens with zero attached hydrogens (tertiary/aromatic N) is 1. The number of rotatable bonds is 3. The van der Waals surface area contributed by atoms with Crippen LogP contribution in [0.15, 0.2) is 48.5 Å². The number of benzene rings is 2. The quantitative estimate of drug-likeness (QED) is 0.913. The molecule has 136 valence electrons. The number of hydrogen-bond donors (Lipinski definition) is 1. The molecule has 5 nitrogen and oxygen atoms in total. The van der Waals surface area contributed by atoms with Crippen molar-refractivity contribution < 1.29 is 14.3 Å². The maximum Gasteiger partial charge on any atom is 0.410 e. The topological polar surface area (TPSA) is 72.6 Å². The highest BCUT2D eigenvalue weighted by Crippen LogP contribution is 2.31. The van der Waals surface area contributed by atoms with Gasteiger partial charge >= 0.3 is 6.09 Å². The van der Waals surface area contributed by atoms with Gasteiger partial charge in [0.15, 0.2) is 0 Å². The third-order valence-electron chi connectivity index (χ3n) is 4.42. The average molecular weight is 352 g/mol. The zero-order chi connectivity index (χ0) is 18.9. The van der Waals surface area contributed by atoms with Gasteiger partial charge < -0.3 is 15.4 Å². The van der Waals surface area contributed by atoms with Crippen molar-refractivity contribution in [1.29, 1.82) is 0 Å². The number of hydrogen-bond acceptors (Lipinski definition) is 3. The number of nitrogens with two attached hydrogens (primary N) is 1. The molecule has 2 aromatic rings. The molecule has 0 unspecified atom stereocenters. The minimum Gasteiger partial charge on any atom is -0.444 e. The van der Waals surface area contributed by atoms with Crippen LogP contribution in [-0.2, 0) is 4.74 Å². The first-order chi connectivity index (χ1) is 12.2. The monoisotopic (exact) mass is 352 g/mol. The molecule has 5 heteroatoms. The molecule has 0 spiro atoms. The molecule has 0 bridgehead atoms. The van der Waals surface area contributed by atoms with Crippen molar-refractivity contribution in [3.63, 3.8) is 0 Å². The van der Waals surface area contributed by atoms with Gasteiger partial charge in [0.2, 0.25) is 5.91 Å². The van der Waals surface area contributed by atoms with Crippen LogP contribution in [0.5, 0.6) is 0 Å². The third-order valence-corrected chi connectivity index (χ3v) is 4.42. The van der Waals surface area contributed by atoms with Gasteiger partial charge in [0, 0.05) is 24.6 Å². The highest BCUT2D eigenvalue weighted by atomic mass is 16.6. The molecule has 2 amide bonds. The number of carbonyl (C=O) groups is 2. The first-order valence-corrected chi connectivity index (χ1v) is 8.72. The van der Waals surface area contributed by atoms with Gasteiger partial charge in [-0.1, -0.05) is 42.5 Å². The van der Waals surface area contributed by atoms with Crippen LogP contribution in [0.25, 0.3) is 11.1 Å². The smallest absolute Gasteiger partial charge is 0.410 e. The van der Waals surface area contributed by atoms with Gasteiger partial charge in [0.25, 0.3) is 0 Å². The minimum atomic E-state index is -0.475. The molecule has 0 atom stereocenters. The third kappa shape index (κ3) is 3.87. The highest BCUT2D eigenvalue weighted by molar-refractivity contribution is 5.99. The molecule has 0 aromatic heterocycles. The lowest BCUT2D eigenvalue weighted by atomic mass is 9.90. The first kappa shape index (κ1) is 18.0. The molecule has 3 rings (SSSR count). The fraction of sp³-hybridized carbons (Fsp3) is 0.333. The Morgan fingerprint density at radius 2 is 1.65 bits per heavy atom. The van der Waals surface area contributed by atoms with E-state index in [2.05, 4.69) is 0 Å². The second kappa shape index (κ2) is 6.83. The predicted molar refractivity (Wildman–Crippen MR) is 101 cm³/mol. The van der Waals surface area contributed by atoms with Gasteiger partial charge in [-0.15, -0.1) is 0 Å². The molecule has 2 N–H and O–H groups in total. The molecule has 1 aliphatic rings. The lowest BCUT2D eigenvalue weighted by Crippen LogP contribution is -2.50. The predicted octanol–water partition coefficient (Wildman–Crippen LogP) is 3.79. The van der Waals surface area contributed by atoms with Crippen LogP contribution in [0.1, 0.15) is 42.6 Å². The Labute approximate surface area is 153 Å². The van der Waals surface area contributed by atoms with Crippen LogP contribution in [-0.4, -0.2) is 35.6 Å². The van der Waals surface area contributed by atoms with Gasteiger partial charge in [-0.3, -0.25) is 4.79 Å². The average Bonchev–Trinajstić information content (AvgIpc) is 2.52. The molecule has 0 radical (unpaired) electrons. The Hall–Kier alpha value is -2.82. The Bertz CT molecular complexity index is 816. The zero-order valence-electron chi connectivity index (χ0n) is 15.4. The highest BCUT2D eigenvalue weighted by Gasteiger charge is 2.34. The lowest BCUT2D eigenvalue weighted by molar-refractivity contribution is 0.00819. The van der Waals surface area contributed by atoms with E-state index in [9.17, 15) is 9.59 Å². The molecule has 1 saturated heterocycles. The minimum absolute atomic E-state index is 0.263. The first-order valence-electron chi connectivity index (χ1n) is 8.72. The summed E-state index contributed by atoms with van der Waals surface area (Å²) in [6.07, 6.45) is -0.263. The van der Waals surface area contributed by atoms with Crippen molar-refractivity contribution in [2.75, 3.05) is 13.1 Å². The summed E-state index contributed by atoms with van der Waals surface area (Å²) < 4.78 is 5.38. The Morgan fingerprint density at radius 1 is 1.04 bits per heavy atom. The molecular weight excluding hydrogens is 328 g/mol. The molecule has 26 heavy (non-hydrogen) atoms. The van der Waals surface area contributed by atoms with Crippen LogP contribution in [0.4, 0.5) is 4.79 Å². The van der Waals surface area contributed by atoms with E-state index in [1.165, 1.54) is 5.56 Å². The summed E-state index contributed by atoms with van der Waals surface area (Å²) in [5, 5.41) is 0. The number of primary amides is 1. The molecule has 1 heterocycles. The summed E-state index contributed by atoms with van der Waals surface area (Å²) in [5.74, 6) is -0.125. The molecule has 0 aliphatic carbocycles. The number of amides is 2. The number of carbonyl (C=O) groups excluding carboxylic acids is 2.